The van der Waals surface area contributed by atoms with Gasteiger partial charge in [0.2, 0.25) is 0 Å². The van der Waals surface area contributed by atoms with Gasteiger partial charge in [0.25, 0.3) is 0 Å². The van der Waals surface area contributed by atoms with Gasteiger partial charge in [-0.05, 0) is 0 Å². The van der Waals surface area contributed by atoms with Crippen LogP contribution in [0.4, 0.5) is 0 Å². The molecular weight excluding hydrogens is 269 g/mol. The summed E-state index contributed by atoms with van der Waals surface area (Å²) in [5.41, 5.74) is 0. The monoisotopic (exact) mass is 279 g/mol. The van der Waals surface area contributed by atoms with Crippen molar-refractivity contribution in [2.45, 2.75) is 0 Å². The van der Waals surface area contributed by atoms with Gasteiger partial charge >= 0.3 is 0 Å². The first kappa shape index (κ1) is 11.0. The number of ether oxygens (including phenoxy) is 1. The van der Waals surface area contributed by atoms with E-state index >= 15 is 0 Å². The zero-order chi connectivity index (χ0) is 5.54. The van der Waals surface area contributed by atoms with E-state index in [4.69, 9.17) is 4.74 Å². The van der Waals surface area contributed by atoms with Crippen LogP contribution in [-0.2, 0) is 27.1 Å². The van der Waals surface area contributed by atoms with Gasteiger partial charge in [-0.3, -0.25) is 0 Å². The molecule has 2 heteroatoms. The Hall–Kier alpha value is 0.180. The van der Waals surface area contributed by atoms with E-state index in [2.05, 4.69) is 13.2 Å². The first-order valence-electron chi connectivity index (χ1n) is 2.21. The van der Waals surface area contributed by atoms with Crippen LogP contribution >= 0.6 is 0 Å². The van der Waals surface area contributed by atoms with E-state index in [9.17, 15) is 0 Å². The zero-order valence-corrected chi connectivity index (χ0v) is 8.05. The molecule has 0 N–H and O–H groups in total. The van der Waals surface area contributed by atoms with Gasteiger partial charge in [0.1, 0.15) is 0 Å². The Bertz CT molecular complexity index is 53.5. The molecule has 0 atom stereocenters. The molecule has 0 heterocycles. The molecule has 1 radical (unpaired) electrons. The van der Waals surface area contributed by atoms with Gasteiger partial charge in [-0.25, -0.2) is 0 Å². The van der Waals surface area contributed by atoms with Crippen molar-refractivity contribution in [2.24, 2.45) is 0 Å². The molecule has 0 fully saturated rings. The van der Waals surface area contributed by atoms with E-state index in [1.165, 1.54) is 0 Å². The minimum Gasteiger partial charge on any atom is -0.373 e. The summed E-state index contributed by atoms with van der Waals surface area (Å²) in [4.78, 5) is 0. The Morgan fingerprint density at radius 2 is 1.50 bits per heavy atom. The first-order chi connectivity index (χ1) is 3.41. The average Bonchev–Trinajstić information content (AvgIpc) is 1.69. The van der Waals surface area contributed by atoms with Crippen molar-refractivity contribution in [3.63, 3.8) is 0 Å². The molecule has 0 unspecified atom stereocenters. The van der Waals surface area contributed by atoms with Crippen molar-refractivity contribution in [1.82, 2.24) is 0 Å². The molecule has 0 amide bonds. The van der Waals surface area contributed by atoms with Crippen LogP contribution in [0.2, 0.25) is 0 Å². The Labute approximate surface area is 65.9 Å². The third-order valence-electron chi connectivity index (χ3n) is 0.471. The molecule has 0 aromatic carbocycles. The van der Waals surface area contributed by atoms with E-state index in [-0.39, 0.29) is 22.4 Å². The van der Waals surface area contributed by atoms with Gasteiger partial charge in [0.05, 0.1) is 13.2 Å². The van der Waals surface area contributed by atoms with Gasteiger partial charge < -0.3 is 4.74 Å². The smallest absolute Gasteiger partial charge is 0.0649 e. The second-order valence-corrected chi connectivity index (χ2v) is 1.11. The molecule has 0 aliphatic heterocycles. The summed E-state index contributed by atoms with van der Waals surface area (Å²) in [7, 11) is 0. The van der Waals surface area contributed by atoms with Crippen LogP contribution in [0.1, 0.15) is 0 Å². The van der Waals surface area contributed by atoms with E-state index in [0.29, 0.717) is 13.2 Å². The Kier molecular flexibility index (Phi) is 14.1. The van der Waals surface area contributed by atoms with Crippen molar-refractivity contribution in [3.8, 4) is 0 Å². The predicted octanol–water partition coefficient (Wildman–Crippen LogP) is 1.37. The van der Waals surface area contributed by atoms with Crippen molar-refractivity contribution < 1.29 is 27.1 Å². The summed E-state index contributed by atoms with van der Waals surface area (Å²) in [6.07, 6.45) is 3.42. The first-order valence-corrected chi connectivity index (χ1v) is 2.21. The van der Waals surface area contributed by atoms with Gasteiger partial charge in [-0.1, -0.05) is 12.2 Å². The molecule has 0 spiro atoms. The van der Waals surface area contributed by atoms with Crippen molar-refractivity contribution in [2.75, 3.05) is 13.2 Å². The molecule has 8 heavy (non-hydrogen) atoms. The van der Waals surface area contributed by atoms with Gasteiger partial charge in [-0.2, -0.15) is 0 Å². The van der Waals surface area contributed by atoms with E-state index in [1.54, 1.807) is 12.2 Å². The second kappa shape index (κ2) is 10.2. The van der Waals surface area contributed by atoms with Gasteiger partial charge in [0.15, 0.2) is 0 Å². The Balaban J connectivity index is 0. The van der Waals surface area contributed by atoms with Gasteiger partial charge in [-0.15, -0.1) is 13.2 Å². The van der Waals surface area contributed by atoms with E-state index < -0.39 is 0 Å². The summed E-state index contributed by atoms with van der Waals surface area (Å²) < 4.78 is 4.90. The molecule has 0 aliphatic carbocycles. The van der Waals surface area contributed by atoms with Crippen LogP contribution in [-0.4, -0.2) is 13.2 Å². The molecule has 0 aliphatic rings. The minimum absolute atomic E-state index is 0. The quantitative estimate of drug-likeness (QED) is 0.558. The van der Waals surface area contributed by atoms with Crippen LogP contribution in [0.5, 0.6) is 0 Å². The molecule has 45 valence electrons. The summed E-state index contributed by atoms with van der Waals surface area (Å²) in [5.74, 6) is 0. The minimum atomic E-state index is 0. The summed E-state index contributed by atoms with van der Waals surface area (Å²) in [6.45, 7) is 8.18. The van der Waals surface area contributed by atoms with Crippen LogP contribution in [0.25, 0.3) is 0 Å². The summed E-state index contributed by atoms with van der Waals surface area (Å²) in [6, 6.07) is 0. The average molecular weight is 279 g/mol. The van der Waals surface area contributed by atoms with E-state index in [1.807, 2.05) is 0 Å². The fraction of sp³-hybridized carbons (Fsp3) is 0.333. The summed E-state index contributed by atoms with van der Waals surface area (Å²) >= 11 is 0. The number of rotatable bonds is 4. The molecular formula is C6H10OTa. The summed E-state index contributed by atoms with van der Waals surface area (Å²) in [5, 5.41) is 0. The Morgan fingerprint density at radius 1 is 1.12 bits per heavy atom. The maximum atomic E-state index is 4.90. The fourth-order valence-electron chi connectivity index (χ4n) is 0.235. The standard InChI is InChI=1S/C6H10O.Ta/c1-3-5-7-6-4-2;/h3-4H,1-2,5-6H2;. The van der Waals surface area contributed by atoms with Crippen LogP contribution in [0.15, 0.2) is 25.3 Å². The zero-order valence-electron chi connectivity index (χ0n) is 4.84. The molecule has 0 bridgehead atoms. The van der Waals surface area contributed by atoms with Crippen LogP contribution in [0, 0.1) is 0 Å². The molecule has 0 aromatic heterocycles. The third-order valence-corrected chi connectivity index (χ3v) is 0.471. The number of hydrogen-bond donors (Lipinski definition) is 0. The second-order valence-electron chi connectivity index (χ2n) is 1.11. The Morgan fingerprint density at radius 3 is 1.75 bits per heavy atom. The third kappa shape index (κ3) is 9.49. The number of hydrogen-bond acceptors (Lipinski definition) is 1. The van der Waals surface area contributed by atoms with E-state index in [0.717, 1.165) is 0 Å². The molecule has 0 aromatic rings. The van der Waals surface area contributed by atoms with Crippen molar-refractivity contribution >= 4 is 0 Å². The molecule has 0 rings (SSSR count). The normalized spacial score (nSPS) is 7.00. The van der Waals surface area contributed by atoms with Gasteiger partial charge in [0, 0.05) is 22.4 Å². The fourth-order valence-corrected chi connectivity index (χ4v) is 0.235. The maximum Gasteiger partial charge on any atom is 0.0649 e. The topological polar surface area (TPSA) is 9.23 Å². The maximum absolute atomic E-state index is 4.90. The van der Waals surface area contributed by atoms with Crippen LogP contribution < -0.4 is 0 Å². The van der Waals surface area contributed by atoms with Crippen molar-refractivity contribution in [1.29, 1.82) is 0 Å². The molecule has 0 saturated heterocycles. The largest absolute Gasteiger partial charge is 0.373 e. The SMILES string of the molecule is C=CCOCC=C.[Ta]. The molecule has 0 saturated carbocycles. The van der Waals surface area contributed by atoms with Crippen LogP contribution in [0.3, 0.4) is 0 Å². The predicted molar refractivity (Wildman–Crippen MR) is 31.2 cm³/mol. The molecule has 1 nitrogen and oxygen atoms in total. The van der Waals surface area contributed by atoms with Crippen molar-refractivity contribution in [3.05, 3.63) is 25.3 Å².